The highest BCUT2D eigenvalue weighted by molar-refractivity contribution is 7.98. The lowest BCUT2D eigenvalue weighted by atomic mass is 10.0. The van der Waals surface area contributed by atoms with E-state index in [0.29, 0.717) is 5.13 Å². The second kappa shape index (κ2) is 9.09. The monoisotopic (exact) mass is 428 g/mol. The van der Waals surface area contributed by atoms with Gasteiger partial charge in [0, 0.05) is 23.3 Å². The van der Waals surface area contributed by atoms with Gasteiger partial charge in [-0.05, 0) is 56.5 Å². The average Bonchev–Trinajstić information content (AvgIpc) is 3.11. The summed E-state index contributed by atoms with van der Waals surface area (Å²) in [5, 5.41) is 2.93. The maximum absolute atomic E-state index is 13.1. The third-order valence-corrected chi connectivity index (χ3v) is 6.83. The molecule has 2 aromatic carbocycles. The number of aryl methyl sites for hydroxylation is 3. The number of benzene rings is 2. The number of anilines is 2. The Morgan fingerprint density at radius 2 is 1.79 bits per heavy atom. The molecule has 1 heterocycles. The fraction of sp³-hybridized carbons (Fsp3) is 0.304. The Balaban J connectivity index is 1.78. The van der Waals surface area contributed by atoms with Crippen LogP contribution in [0.15, 0.2) is 41.8 Å². The number of thiazole rings is 1. The lowest BCUT2D eigenvalue weighted by molar-refractivity contribution is -0.115. The van der Waals surface area contributed by atoms with Gasteiger partial charge in [-0.2, -0.15) is 0 Å². The average molecular weight is 429 g/mol. The van der Waals surface area contributed by atoms with E-state index in [1.165, 1.54) is 29.0 Å². The molecule has 0 radical (unpaired) electrons. The van der Waals surface area contributed by atoms with Crippen molar-refractivity contribution in [2.75, 3.05) is 4.90 Å². The Hall–Kier alpha value is -2.18. The highest BCUT2D eigenvalue weighted by atomic mass is 32.2. The van der Waals surface area contributed by atoms with Crippen LogP contribution >= 0.6 is 23.1 Å². The van der Waals surface area contributed by atoms with E-state index in [-0.39, 0.29) is 17.0 Å². The van der Waals surface area contributed by atoms with Crippen LogP contribution in [0.5, 0.6) is 0 Å². The molecule has 0 N–H and O–H groups in total. The normalized spacial score (nSPS) is 12.1. The second-order valence-electron chi connectivity index (χ2n) is 7.23. The van der Waals surface area contributed by atoms with Gasteiger partial charge in [0.1, 0.15) is 5.82 Å². The number of carbonyl (C=O) groups excluding carboxylic acids is 1. The van der Waals surface area contributed by atoms with Crippen LogP contribution in [0.3, 0.4) is 0 Å². The minimum absolute atomic E-state index is 0.0479. The van der Waals surface area contributed by atoms with Gasteiger partial charge in [0.05, 0.1) is 11.4 Å². The summed E-state index contributed by atoms with van der Waals surface area (Å²) in [4.78, 5) is 18.9. The summed E-state index contributed by atoms with van der Waals surface area (Å²) in [5.41, 5.74) is 6.25. The summed E-state index contributed by atoms with van der Waals surface area (Å²) in [7, 11) is 0. The van der Waals surface area contributed by atoms with Crippen LogP contribution in [0.1, 0.15) is 47.0 Å². The van der Waals surface area contributed by atoms with Crippen molar-refractivity contribution < 1.29 is 9.18 Å². The molecule has 1 amide bonds. The largest absolute Gasteiger partial charge is 0.274 e. The zero-order valence-corrected chi connectivity index (χ0v) is 19.0. The van der Waals surface area contributed by atoms with E-state index in [9.17, 15) is 9.18 Å². The lowest BCUT2D eigenvalue weighted by Crippen LogP contribution is -2.24. The summed E-state index contributed by atoms with van der Waals surface area (Å²) in [6.45, 7) is 9.79. The summed E-state index contributed by atoms with van der Waals surface area (Å²) < 4.78 is 13.1. The molecule has 3 aromatic rings. The quantitative estimate of drug-likeness (QED) is 0.429. The number of nitrogens with zero attached hydrogens (tertiary/aromatic N) is 2. The number of hydrogen-bond donors (Lipinski definition) is 0. The molecule has 152 valence electrons. The molecule has 1 unspecified atom stereocenters. The Labute approximate surface area is 180 Å². The Morgan fingerprint density at radius 1 is 1.17 bits per heavy atom. The number of carbonyl (C=O) groups is 1. The molecule has 0 aliphatic rings. The van der Waals surface area contributed by atoms with Gasteiger partial charge in [0.15, 0.2) is 5.13 Å². The predicted octanol–water partition coefficient (Wildman–Crippen LogP) is 6.89. The van der Waals surface area contributed by atoms with Crippen molar-refractivity contribution in [2.24, 2.45) is 0 Å². The van der Waals surface area contributed by atoms with Gasteiger partial charge >= 0.3 is 0 Å². The van der Waals surface area contributed by atoms with E-state index in [1.807, 2.05) is 31.4 Å². The molecule has 0 saturated carbocycles. The highest BCUT2D eigenvalue weighted by Crippen LogP contribution is 2.36. The zero-order chi connectivity index (χ0) is 21.1. The summed E-state index contributed by atoms with van der Waals surface area (Å²) in [5.74, 6) is 0.460. The minimum Gasteiger partial charge on any atom is -0.274 e. The first kappa shape index (κ1) is 21.5. The summed E-state index contributed by atoms with van der Waals surface area (Å²) >= 11 is 3.23. The number of hydrogen-bond acceptors (Lipinski definition) is 4. The van der Waals surface area contributed by atoms with Crippen LogP contribution in [-0.2, 0) is 10.5 Å². The van der Waals surface area contributed by atoms with Crippen LogP contribution < -0.4 is 4.90 Å². The predicted molar refractivity (Wildman–Crippen MR) is 122 cm³/mol. The van der Waals surface area contributed by atoms with Crippen molar-refractivity contribution in [3.63, 3.8) is 0 Å². The molecule has 0 fully saturated rings. The molecular weight excluding hydrogens is 403 g/mol. The second-order valence-corrected chi connectivity index (χ2v) is 9.39. The van der Waals surface area contributed by atoms with E-state index in [1.54, 1.807) is 23.6 Å². The van der Waals surface area contributed by atoms with Gasteiger partial charge in [-0.3, -0.25) is 9.69 Å². The van der Waals surface area contributed by atoms with Crippen molar-refractivity contribution >= 4 is 39.8 Å². The first-order valence-corrected chi connectivity index (χ1v) is 11.4. The molecule has 1 atom stereocenters. The van der Waals surface area contributed by atoms with E-state index < -0.39 is 0 Å². The summed E-state index contributed by atoms with van der Waals surface area (Å²) in [6, 6.07) is 10.8. The molecule has 0 spiro atoms. The summed E-state index contributed by atoms with van der Waals surface area (Å²) in [6.07, 6.45) is 0. The fourth-order valence-electron chi connectivity index (χ4n) is 3.42. The molecule has 0 aliphatic carbocycles. The fourth-order valence-corrected chi connectivity index (χ4v) is 5.31. The minimum atomic E-state index is -0.221. The SMILES string of the molecule is CC(=O)N(c1nc(CSC(C)c2ccc(F)cc2)cs1)c1c(C)cc(C)cc1C. The number of thioether (sulfide) groups is 1. The lowest BCUT2D eigenvalue weighted by Gasteiger charge is -2.23. The topological polar surface area (TPSA) is 33.2 Å². The zero-order valence-electron chi connectivity index (χ0n) is 17.3. The van der Waals surface area contributed by atoms with E-state index in [4.69, 9.17) is 4.98 Å². The van der Waals surface area contributed by atoms with Crippen molar-refractivity contribution in [2.45, 2.75) is 45.6 Å². The van der Waals surface area contributed by atoms with E-state index in [0.717, 1.165) is 33.8 Å². The standard InChI is InChI=1S/C23H25FN2OS2/c1-14-10-15(2)22(16(3)11-14)26(18(5)27)23-25-21(13-29-23)12-28-17(4)19-6-8-20(24)9-7-19/h6-11,13,17H,12H2,1-5H3. The van der Waals surface area contributed by atoms with Crippen LogP contribution in [0.25, 0.3) is 0 Å². The molecule has 0 aliphatic heterocycles. The number of rotatable bonds is 6. The molecule has 0 bridgehead atoms. The van der Waals surface area contributed by atoms with Crippen molar-refractivity contribution in [1.82, 2.24) is 4.98 Å². The van der Waals surface area contributed by atoms with Crippen LogP contribution in [0, 0.1) is 26.6 Å². The Kier molecular flexibility index (Phi) is 6.75. The van der Waals surface area contributed by atoms with Crippen LogP contribution in [-0.4, -0.2) is 10.9 Å². The van der Waals surface area contributed by atoms with Gasteiger partial charge in [-0.25, -0.2) is 9.37 Å². The van der Waals surface area contributed by atoms with E-state index in [2.05, 4.69) is 26.0 Å². The maximum atomic E-state index is 13.1. The molecule has 3 rings (SSSR count). The van der Waals surface area contributed by atoms with Crippen LogP contribution in [0.4, 0.5) is 15.2 Å². The molecule has 6 heteroatoms. The van der Waals surface area contributed by atoms with Crippen LogP contribution in [0.2, 0.25) is 0 Å². The van der Waals surface area contributed by atoms with Gasteiger partial charge in [-0.1, -0.05) is 29.8 Å². The molecule has 0 saturated heterocycles. The van der Waals surface area contributed by atoms with Crippen molar-refractivity contribution in [3.8, 4) is 0 Å². The van der Waals surface area contributed by atoms with Crippen molar-refractivity contribution in [3.05, 3.63) is 75.5 Å². The number of halogens is 1. The smallest absolute Gasteiger partial charge is 0.230 e. The maximum Gasteiger partial charge on any atom is 0.230 e. The van der Waals surface area contributed by atoms with Gasteiger partial charge in [0.2, 0.25) is 5.91 Å². The molecule has 29 heavy (non-hydrogen) atoms. The van der Waals surface area contributed by atoms with Gasteiger partial charge < -0.3 is 0 Å². The molecule has 1 aromatic heterocycles. The first-order chi connectivity index (χ1) is 13.8. The molecule has 3 nitrogen and oxygen atoms in total. The molecular formula is C23H25FN2OS2. The highest BCUT2D eigenvalue weighted by Gasteiger charge is 2.22. The van der Waals surface area contributed by atoms with Crippen molar-refractivity contribution in [1.29, 1.82) is 0 Å². The third-order valence-electron chi connectivity index (χ3n) is 4.73. The Morgan fingerprint density at radius 3 is 2.38 bits per heavy atom. The van der Waals surface area contributed by atoms with Gasteiger partial charge in [0.25, 0.3) is 0 Å². The van der Waals surface area contributed by atoms with E-state index >= 15 is 0 Å². The first-order valence-electron chi connectivity index (χ1n) is 9.46. The number of amides is 1. The third kappa shape index (κ3) is 5.06. The number of aromatic nitrogens is 1. The Bertz CT molecular complexity index is 991. The van der Waals surface area contributed by atoms with Gasteiger partial charge in [-0.15, -0.1) is 23.1 Å².